The molecule has 0 aliphatic heterocycles. The Balaban J connectivity index is 2.57. The highest BCUT2D eigenvalue weighted by molar-refractivity contribution is 5.75. The predicted molar refractivity (Wildman–Crippen MR) is 76.6 cm³/mol. The van der Waals surface area contributed by atoms with E-state index in [2.05, 4.69) is 5.32 Å². The smallest absolute Gasteiger partial charge is 0.407 e. The lowest BCUT2D eigenvalue weighted by Gasteiger charge is -2.26. The molecule has 6 nitrogen and oxygen atoms in total. The normalized spacial score (nSPS) is 14.8. The summed E-state index contributed by atoms with van der Waals surface area (Å²) < 4.78 is 5.03. The highest BCUT2D eigenvalue weighted by Crippen LogP contribution is 2.12. The summed E-state index contributed by atoms with van der Waals surface area (Å²) in [6.45, 7) is 3.70. The lowest BCUT2D eigenvalue weighted by atomic mass is 9.94. The summed E-state index contributed by atoms with van der Waals surface area (Å²) >= 11 is 0. The molecule has 1 amide bonds. The van der Waals surface area contributed by atoms with Crippen molar-refractivity contribution in [3.05, 3.63) is 35.9 Å². The topological polar surface area (TPSA) is 95.9 Å². The lowest BCUT2D eigenvalue weighted by molar-refractivity contribution is -0.148. The van der Waals surface area contributed by atoms with Gasteiger partial charge in [0.1, 0.15) is 6.61 Å². The number of nitrogens with one attached hydrogen (secondary N) is 1. The maximum atomic E-state index is 11.7. The monoisotopic (exact) mass is 295 g/mol. The van der Waals surface area contributed by atoms with Gasteiger partial charge in [0.05, 0.1) is 6.04 Å². The third kappa shape index (κ3) is 5.43. The van der Waals surface area contributed by atoms with Crippen LogP contribution >= 0.6 is 0 Å². The van der Waals surface area contributed by atoms with Gasteiger partial charge < -0.3 is 20.3 Å². The summed E-state index contributed by atoms with van der Waals surface area (Å²) in [6, 6.07) is 8.23. The fourth-order valence-electron chi connectivity index (χ4n) is 1.84. The number of amides is 1. The molecular formula is C15H21NO5. The number of hydrogen-bond acceptors (Lipinski definition) is 4. The molecule has 0 fully saturated rings. The van der Waals surface area contributed by atoms with E-state index in [4.69, 9.17) is 9.84 Å². The highest BCUT2D eigenvalue weighted by atomic mass is 16.5. The van der Waals surface area contributed by atoms with Gasteiger partial charge in [0, 0.05) is 0 Å². The summed E-state index contributed by atoms with van der Waals surface area (Å²) in [5, 5.41) is 21.0. The Morgan fingerprint density at radius 2 is 1.90 bits per heavy atom. The molecule has 3 N–H and O–H groups in total. The molecule has 6 heteroatoms. The first-order valence-corrected chi connectivity index (χ1v) is 6.83. The number of benzene rings is 1. The average Bonchev–Trinajstić information content (AvgIpc) is 2.50. The zero-order chi connectivity index (χ0) is 15.8. The summed E-state index contributed by atoms with van der Waals surface area (Å²) in [5.41, 5.74) is 0.825. The molecule has 0 aliphatic carbocycles. The van der Waals surface area contributed by atoms with Gasteiger partial charge in [0.25, 0.3) is 0 Å². The molecule has 116 valence electrons. The number of carboxylic acids is 1. The standard InChI is InChI=1S/C15H21NO5/c1-3-10(2)12(13(17)14(18)19)16-15(20)21-9-11-7-5-4-6-8-11/h4-8,10,12-13,17H,3,9H2,1-2H3,(H,16,20)(H,18,19). The van der Waals surface area contributed by atoms with Gasteiger partial charge in [0.15, 0.2) is 6.10 Å². The third-order valence-electron chi connectivity index (χ3n) is 3.35. The number of ether oxygens (including phenoxy) is 1. The molecule has 3 atom stereocenters. The van der Waals surface area contributed by atoms with Crippen molar-refractivity contribution in [3.63, 3.8) is 0 Å². The highest BCUT2D eigenvalue weighted by Gasteiger charge is 2.31. The number of aliphatic hydroxyl groups is 1. The lowest BCUT2D eigenvalue weighted by Crippen LogP contribution is -2.50. The van der Waals surface area contributed by atoms with Crippen molar-refractivity contribution in [1.29, 1.82) is 0 Å². The van der Waals surface area contributed by atoms with Crippen LogP contribution in [0, 0.1) is 5.92 Å². The molecular weight excluding hydrogens is 274 g/mol. The number of alkyl carbamates (subject to hydrolysis) is 1. The minimum Gasteiger partial charge on any atom is -0.479 e. The molecule has 0 saturated carbocycles. The summed E-state index contributed by atoms with van der Waals surface area (Å²) in [7, 11) is 0. The first-order chi connectivity index (χ1) is 9.95. The molecule has 0 saturated heterocycles. The zero-order valence-electron chi connectivity index (χ0n) is 12.2. The van der Waals surface area contributed by atoms with E-state index < -0.39 is 24.2 Å². The molecule has 3 unspecified atom stereocenters. The molecule has 0 radical (unpaired) electrons. The Hall–Kier alpha value is -2.08. The van der Waals surface area contributed by atoms with Crippen LogP contribution in [0.2, 0.25) is 0 Å². The molecule has 0 bridgehead atoms. The Morgan fingerprint density at radius 1 is 1.29 bits per heavy atom. The minimum absolute atomic E-state index is 0.0864. The average molecular weight is 295 g/mol. The fourth-order valence-corrected chi connectivity index (χ4v) is 1.84. The minimum atomic E-state index is -1.66. The maximum Gasteiger partial charge on any atom is 0.407 e. The molecule has 1 aromatic rings. The van der Waals surface area contributed by atoms with Crippen molar-refractivity contribution >= 4 is 12.1 Å². The van der Waals surface area contributed by atoms with Crippen molar-refractivity contribution in [2.75, 3.05) is 0 Å². The SMILES string of the molecule is CCC(C)C(NC(=O)OCc1ccccc1)C(O)C(=O)O. The van der Waals surface area contributed by atoms with Gasteiger partial charge in [-0.2, -0.15) is 0 Å². The number of aliphatic hydroxyl groups excluding tert-OH is 1. The largest absolute Gasteiger partial charge is 0.479 e. The van der Waals surface area contributed by atoms with Crippen LogP contribution in [-0.4, -0.2) is 34.4 Å². The predicted octanol–water partition coefficient (Wildman–Crippen LogP) is 1.77. The zero-order valence-corrected chi connectivity index (χ0v) is 12.2. The van der Waals surface area contributed by atoms with Crippen molar-refractivity contribution in [3.8, 4) is 0 Å². The summed E-state index contributed by atoms with van der Waals surface area (Å²) in [6.07, 6.45) is -1.79. The Bertz CT molecular complexity index is 462. The van der Waals surface area contributed by atoms with Crippen LogP contribution in [0.3, 0.4) is 0 Å². The molecule has 1 aromatic carbocycles. The van der Waals surface area contributed by atoms with Crippen LogP contribution in [0.5, 0.6) is 0 Å². The van der Waals surface area contributed by atoms with Crippen LogP contribution in [0.25, 0.3) is 0 Å². The fraction of sp³-hybridized carbons (Fsp3) is 0.467. The van der Waals surface area contributed by atoms with Gasteiger partial charge in [0.2, 0.25) is 0 Å². The molecule has 0 aromatic heterocycles. The number of carbonyl (C=O) groups is 2. The molecule has 0 aliphatic rings. The van der Waals surface area contributed by atoms with Gasteiger partial charge in [-0.3, -0.25) is 0 Å². The van der Waals surface area contributed by atoms with Crippen molar-refractivity contribution in [1.82, 2.24) is 5.32 Å². The van der Waals surface area contributed by atoms with E-state index in [0.717, 1.165) is 5.56 Å². The quantitative estimate of drug-likeness (QED) is 0.712. The van der Waals surface area contributed by atoms with E-state index >= 15 is 0 Å². The van der Waals surface area contributed by atoms with E-state index in [1.54, 1.807) is 6.92 Å². The van der Waals surface area contributed by atoms with Crippen LogP contribution in [-0.2, 0) is 16.1 Å². The van der Waals surface area contributed by atoms with Gasteiger partial charge >= 0.3 is 12.1 Å². The van der Waals surface area contributed by atoms with Crippen LogP contribution in [0.1, 0.15) is 25.8 Å². The van der Waals surface area contributed by atoms with Crippen molar-refractivity contribution in [2.45, 2.75) is 39.0 Å². The number of carboxylic acid groups (broad SMARTS) is 1. The number of carbonyl (C=O) groups excluding carboxylic acids is 1. The summed E-state index contributed by atoms with van der Waals surface area (Å²) in [4.78, 5) is 22.6. The van der Waals surface area contributed by atoms with Gasteiger partial charge in [-0.25, -0.2) is 9.59 Å². The van der Waals surface area contributed by atoms with Gasteiger partial charge in [-0.05, 0) is 11.5 Å². The van der Waals surface area contributed by atoms with Gasteiger partial charge in [-0.15, -0.1) is 0 Å². The Morgan fingerprint density at radius 3 is 2.43 bits per heavy atom. The second-order valence-corrected chi connectivity index (χ2v) is 4.90. The number of hydrogen-bond donors (Lipinski definition) is 3. The Labute approximate surface area is 123 Å². The van der Waals surface area contributed by atoms with E-state index in [-0.39, 0.29) is 12.5 Å². The summed E-state index contributed by atoms with van der Waals surface area (Å²) in [5.74, 6) is -1.57. The molecule has 0 spiro atoms. The number of rotatable bonds is 7. The van der Waals surface area contributed by atoms with Crippen LogP contribution < -0.4 is 5.32 Å². The van der Waals surface area contributed by atoms with E-state index in [1.807, 2.05) is 37.3 Å². The molecule has 0 heterocycles. The first-order valence-electron chi connectivity index (χ1n) is 6.83. The third-order valence-corrected chi connectivity index (χ3v) is 3.35. The van der Waals surface area contributed by atoms with E-state index in [0.29, 0.717) is 6.42 Å². The number of aliphatic carboxylic acids is 1. The van der Waals surface area contributed by atoms with Gasteiger partial charge in [-0.1, -0.05) is 50.6 Å². The van der Waals surface area contributed by atoms with E-state index in [1.165, 1.54) is 0 Å². The van der Waals surface area contributed by atoms with Crippen molar-refractivity contribution in [2.24, 2.45) is 5.92 Å². The molecule has 1 rings (SSSR count). The first kappa shape index (κ1) is 17.0. The van der Waals surface area contributed by atoms with Crippen LogP contribution in [0.15, 0.2) is 30.3 Å². The molecule has 21 heavy (non-hydrogen) atoms. The second-order valence-electron chi connectivity index (χ2n) is 4.90. The van der Waals surface area contributed by atoms with E-state index in [9.17, 15) is 14.7 Å². The van der Waals surface area contributed by atoms with Crippen LogP contribution in [0.4, 0.5) is 4.79 Å². The van der Waals surface area contributed by atoms with Crippen molar-refractivity contribution < 1.29 is 24.5 Å². The second kappa shape index (κ2) is 8.26. The maximum absolute atomic E-state index is 11.7. The Kier molecular flexibility index (Phi) is 6.68.